The van der Waals surface area contributed by atoms with E-state index in [1.165, 1.54) is 0 Å². The van der Waals surface area contributed by atoms with Crippen LogP contribution in [0.25, 0.3) is 0 Å². The fourth-order valence-electron chi connectivity index (χ4n) is 1.88. The summed E-state index contributed by atoms with van der Waals surface area (Å²) in [4.78, 5) is 14.9. The van der Waals surface area contributed by atoms with Crippen LogP contribution in [0.4, 0.5) is 5.69 Å². The summed E-state index contributed by atoms with van der Waals surface area (Å²) in [5.41, 5.74) is 6.55. The summed E-state index contributed by atoms with van der Waals surface area (Å²) in [6.45, 7) is 2.06. The van der Waals surface area contributed by atoms with Gasteiger partial charge in [-0.05, 0) is 18.4 Å². The van der Waals surface area contributed by atoms with Crippen molar-refractivity contribution in [2.75, 3.05) is 31.2 Å². The van der Waals surface area contributed by atoms with E-state index < -0.39 is 0 Å². The monoisotopic (exact) mass is 251 g/mol. The van der Waals surface area contributed by atoms with Crippen LogP contribution in [0.3, 0.4) is 0 Å². The van der Waals surface area contributed by atoms with Crippen LogP contribution in [0.5, 0.6) is 0 Å². The molecule has 1 aliphatic rings. The predicted octanol–water partition coefficient (Wildman–Crippen LogP) is 0.990. The lowest BCUT2D eigenvalue weighted by molar-refractivity contribution is -0.118. The SMILES string of the molecule is CSc1ccccc1NC(=O)CN1CC(N)C1. The second kappa shape index (κ2) is 5.53. The Balaban J connectivity index is 1.89. The van der Waals surface area contributed by atoms with E-state index in [9.17, 15) is 4.79 Å². The molecule has 0 unspecified atom stereocenters. The van der Waals surface area contributed by atoms with Crippen molar-refractivity contribution in [2.45, 2.75) is 10.9 Å². The van der Waals surface area contributed by atoms with Crippen LogP contribution >= 0.6 is 11.8 Å². The van der Waals surface area contributed by atoms with Gasteiger partial charge in [-0.2, -0.15) is 0 Å². The van der Waals surface area contributed by atoms with E-state index in [0.29, 0.717) is 6.54 Å². The van der Waals surface area contributed by atoms with E-state index in [1.807, 2.05) is 35.4 Å². The van der Waals surface area contributed by atoms with E-state index in [4.69, 9.17) is 5.73 Å². The molecule has 1 amide bonds. The second-order valence-corrected chi connectivity index (χ2v) is 5.05. The van der Waals surface area contributed by atoms with Crippen molar-refractivity contribution in [1.29, 1.82) is 0 Å². The Bertz CT molecular complexity index is 404. The zero-order valence-electron chi connectivity index (χ0n) is 9.85. The number of likely N-dealkylation sites (tertiary alicyclic amines) is 1. The molecular weight excluding hydrogens is 234 g/mol. The molecule has 1 aromatic carbocycles. The standard InChI is InChI=1S/C12H17N3OS/c1-17-11-5-3-2-4-10(11)14-12(16)8-15-6-9(13)7-15/h2-5,9H,6-8,13H2,1H3,(H,14,16). The third kappa shape index (κ3) is 3.21. The highest BCUT2D eigenvalue weighted by Crippen LogP contribution is 2.24. The first-order valence-electron chi connectivity index (χ1n) is 5.60. The number of carbonyl (C=O) groups excluding carboxylic acids is 1. The summed E-state index contributed by atoms with van der Waals surface area (Å²) in [5, 5.41) is 2.93. The molecule has 5 heteroatoms. The van der Waals surface area contributed by atoms with Gasteiger partial charge in [-0.25, -0.2) is 0 Å². The van der Waals surface area contributed by atoms with Gasteiger partial charge in [0.25, 0.3) is 0 Å². The minimum atomic E-state index is 0.0263. The number of amides is 1. The number of para-hydroxylation sites is 1. The maximum atomic E-state index is 11.8. The van der Waals surface area contributed by atoms with Gasteiger partial charge in [0.15, 0.2) is 0 Å². The normalized spacial score (nSPS) is 16.6. The van der Waals surface area contributed by atoms with Crippen molar-refractivity contribution >= 4 is 23.4 Å². The maximum Gasteiger partial charge on any atom is 0.238 e. The van der Waals surface area contributed by atoms with Gasteiger partial charge in [0.05, 0.1) is 12.2 Å². The number of nitrogens with one attached hydrogen (secondary N) is 1. The summed E-state index contributed by atoms with van der Waals surface area (Å²) in [7, 11) is 0. The van der Waals surface area contributed by atoms with Gasteiger partial charge in [-0.15, -0.1) is 11.8 Å². The van der Waals surface area contributed by atoms with Crippen molar-refractivity contribution in [3.63, 3.8) is 0 Å². The molecule has 1 fully saturated rings. The van der Waals surface area contributed by atoms with Crippen LogP contribution in [0.15, 0.2) is 29.2 Å². The fourth-order valence-corrected chi connectivity index (χ4v) is 2.43. The van der Waals surface area contributed by atoms with Gasteiger partial charge in [-0.1, -0.05) is 12.1 Å². The number of carbonyl (C=O) groups is 1. The van der Waals surface area contributed by atoms with Crippen molar-refractivity contribution in [1.82, 2.24) is 4.90 Å². The number of thioether (sulfide) groups is 1. The molecule has 0 aliphatic carbocycles. The molecule has 92 valence electrons. The number of hydrogen-bond acceptors (Lipinski definition) is 4. The van der Waals surface area contributed by atoms with Crippen molar-refractivity contribution in [2.24, 2.45) is 5.73 Å². The molecule has 0 aromatic heterocycles. The summed E-state index contributed by atoms with van der Waals surface area (Å²) < 4.78 is 0. The first kappa shape index (κ1) is 12.4. The zero-order chi connectivity index (χ0) is 12.3. The number of nitrogens with two attached hydrogens (primary N) is 1. The lowest BCUT2D eigenvalue weighted by atomic mass is 10.1. The van der Waals surface area contributed by atoms with Crippen molar-refractivity contribution < 1.29 is 4.79 Å². The number of anilines is 1. The number of rotatable bonds is 4. The lowest BCUT2D eigenvalue weighted by Gasteiger charge is -2.36. The molecule has 1 saturated heterocycles. The van der Waals surface area contributed by atoms with Gasteiger partial charge in [0.2, 0.25) is 5.91 Å². The number of hydrogen-bond donors (Lipinski definition) is 2. The van der Waals surface area contributed by atoms with Crippen molar-refractivity contribution in [3.8, 4) is 0 Å². The van der Waals surface area contributed by atoms with E-state index in [0.717, 1.165) is 23.7 Å². The fraction of sp³-hybridized carbons (Fsp3) is 0.417. The minimum Gasteiger partial charge on any atom is -0.325 e. The van der Waals surface area contributed by atoms with Crippen LogP contribution in [0.1, 0.15) is 0 Å². The highest BCUT2D eigenvalue weighted by atomic mass is 32.2. The van der Waals surface area contributed by atoms with Crippen LogP contribution in [0, 0.1) is 0 Å². The molecule has 0 saturated carbocycles. The van der Waals surface area contributed by atoms with Gasteiger partial charge in [0, 0.05) is 24.0 Å². The molecule has 17 heavy (non-hydrogen) atoms. The topological polar surface area (TPSA) is 58.4 Å². The number of benzene rings is 1. The Hall–Kier alpha value is -1.04. The lowest BCUT2D eigenvalue weighted by Crippen LogP contribution is -2.57. The Morgan fingerprint density at radius 1 is 1.53 bits per heavy atom. The molecule has 0 radical (unpaired) electrons. The van der Waals surface area contributed by atoms with E-state index in [1.54, 1.807) is 11.8 Å². The van der Waals surface area contributed by atoms with E-state index in [-0.39, 0.29) is 11.9 Å². The van der Waals surface area contributed by atoms with Crippen LogP contribution < -0.4 is 11.1 Å². The zero-order valence-corrected chi connectivity index (χ0v) is 10.7. The van der Waals surface area contributed by atoms with Gasteiger partial charge >= 0.3 is 0 Å². The molecule has 3 N–H and O–H groups in total. The molecular formula is C12H17N3OS. The minimum absolute atomic E-state index is 0.0263. The van der Waals surface area contributed by atoms with Crippen LogP contribution in [-0.2, 0) is 4.79 Å². The first-order valence-corrected chi connectivity index (χ1v) is 6.82. The molecule has 1 aromatic rings. The van der Waals surface area contributed by atoms with Crippen LogP contribution in [-0.4, -0.2) is 42.7 Å². The summed E-state index contributed by atoms with van der Waals surface area (Å²) in [6.07, 6.45) is 2.00. The molecule has 2 rings (SSSR count). The van der Waals surface area contributed by atoms with Crippen molar-refractivity contribution in [3.05, 3.63) is 24.3 Å². The summed E-state index contributed by atoms with van der Waals surface area (Å²) >= 11 is 1.63. The Morgan fingerprint density at radius 3 is 2.88 bits per heavy atom. The molecule has 4 nitrogen and oxygen atoms in total. The molecule has 0 spiro atoms. The Morgan fingerprint density at radius 2 is 2.24 bits per heavy atom. The quantitative estimate of drug-likeness (QED) is 0.784. The maximum absolute atomic E-state index is 11.8. The third-order valence-corrected chi connectivity index (χ3v) is 3.53. The molecule has 1 heterocycles. The molecule has 0 atom stereocenters. The van der Waals surface area contributed by atoms with Gasteiger partial charge in [-0.3, -0.25) is 9.69 Å². The first-order chi connectivity index (χ1) is 8.19. The Kier molecular flexibility index (Phi) is 4.04. The summed E-state index contributed by atoms with van der Waals surface area (Å²) in [6, 6.07) is 8.05. The molecule has 1 aliphatic heterocycles. The average Bonchev–Trinajstić information content (AvgIpc) is 2.27. The third-order valence-electron chi connectivity index (χ3n) is 2.73. The van der Waals surface area contributed by atoms with E-state index >= 15 is 0 Å². The smallest absolute Gasteiger partial charge is 0.238 e. The average molecular weight is 251 g/mol. The predicted molar refractivity (Wildman–Crippen MR) is 71.3 cm³/mol. The largest absolute Gasteiger partial charge is 0.325 e. The summed E-state index contributed by atoms with van der Waals surface area (Å²) in [5.74, 6) is 0.0263. The Labute approximate surface area is 106 Å². The van der Waals surface area contributed by atoms with E-state index in [2.05, 4.69) is 5.32 Å². The molecule has 0 bridgehead atoms. The van der Waals surface area contributed by atoms with Gasteiger partial charge in [0.1, 0.15) is 0 Å². The van der Waals surface area contributed by atoms with Gasteiger partial charge < -0.3 is 11.1 Å². The highest BCUT2D eigenvalue weighted by molar-refractivity contribution is 7.98. The second-order valence-electron chi connectivity index (χ2n) is 4.20. The number of nitrogens with zero attached hydrogens (tertiary/aromatic N) is 1. The highest BCUT2D eigenvalue weighted by Gasteiger charge is 2.24. The van der Waals surface area contributed by atoms with Crippen LogP contribution in [0.2, 0.25) is 0 Å².